The first kappa shape index (κ1) is 11.9. The van der Waals surface area contributed by atoms with Crippen molar-refractivity contribution >= 4 is 5.91 Å². The number of rotatable bonds is 3. The fourth-order valence-corrected chi connectivity index (χ4v) is 2.05. The molecule has 1 fully saturated rings. The second kappa shape index (κ2) is 5.19. The number of hydrogen-bond donors (Lipinski definition) is 0. The van der Waals surface area contributed by atoms with Gasteiger partial charge in [-0.1, -0.05) is 12.2 Å². The minimum atomic E-state index is -0.00928. The van der Waals surface area contributed by atoms with Gasteiger partial charge >= 0.3 is 0 Å². The minimum absolute atomic E-state index is 0.00928. The zero-order valence-corrected chi connectivity index (χ0v) is 10.2. The summed E-state index contributed by atoms with van der Waals surface area (Å²) in [4.78, 5) is 16.1. The van der Waals surface area contributed by atoms with E-state index >= 15 is 0 Å². The summed E-state index contributed by atoms with van der Waals surface area (Å²) in [6.45, 7) is 10.2. The summed E-state index contributed by atoms with van der Waals surface area (Å²) in [7, 11) is 0. The Morgan fingerprint density at radius 3 is 2.65 bits per heavy atom. The number of carbonyl (C=O) groups excluding carboxylic acids is 1. The molecule has 0 aromatic carbocycles. The second-order valence-electron chi connectivity index (χ2n) is 4.50. The average Bonchev–Trinajstić information content (AvgIpc) is 2.82. The van der Waals surface area contributed by atoms with Crippen LogP contribution >= 0.6 is 0 Å². The van der Waals surface area contributed by atoms with Gasteiger partial charge in [-0.05, 0) is 19.1 Å². The third-order valence-corrected chi connectivity index (χ3v) is 2.88. The van der Waals surface area contributed by atoms with Crippen molar-refractivity contribution in [3.63, 3.8) is 0 Å². The van der Waals surface area contributed by atoms with E-state index in [1.54, 1.807) is 12.1 Å². The van der Waals surface area contributed by atoms with Gasteiger partial charge in [0.2, 0.25) is 0 Å². The highest BCUT2D eigenvalue weighted by molar-refractivity contribution is 5.91. The van der Waals surface area contributed by atoms with Crippen LogP contribution in [0.3, 0.4) is 0 Å². The van der Waals surface area contributed by atoms with E-state index in [-0.39, 0.29) is 5.91 Å². The highest BCUT2D eigenvalue weighted by Gasteiger charge is 2.23. The van der Waals surface area contributed by atoms with Crippen LogP contribution < -0.4 is 0 Å². The van der Waals surface area contributed by atoms with Gasteiger partial charge in [0, 0.05) is 32.7 Å². The van der Waals surface area contributed by atoms with Crippen LogP contribution in [0.4, 0.5) is 0 Å². The monoisotopic (exact) mass is 234 g/mol. The van der Waals surface area contributed by atoms with Gasteiger partial charge in [-0.25, -0.2) is 0 Å². The predicted octanol–water partition coefficient (Wildman–Crippen LogP) is 1.61. The van der Waals surface area contributed by atoms with Gasteiger partial charge in [-0.3, -0.25) is 9.69 Å². The summed E-state index contributed by atoms with van der Waals surface area (Å²) in [5, 5.41) is 0. The molecule has 0 spiro atoms. The van der Waals surface area contributed by atoms with Crippen molar-refractivity contribution in [3.8, 4) is 0 Å². The first-order chi connectivity index (χ1) is 8.16. The molecule has 17 heavy (non-hydrogen) atoms. The zero-order chi connectivity index (χ0) is 12.3. The maximum Gasteiger partial charge on any atom is 0.289 e. The van der Waals surface area contributed by atoms with E-state index in [1.807, 2.05) is 11.8 Å². The van der Waals surface area contributed by atoms with Crippen molar-refractivity contribution in [3.05, 3.63) is 36.3 Å². The fourth-order valence-electron chi connectivity index (χ4n) is 2.05. The summed E-state index contributed by atoms with van der Waals surface area (Å²) in [6, 6.07) is 3.45. The van der Waals surface area contributed by atoms with Crippen LogP contribution in [0.15, 0.2) is 35.0 Å². The first-order valence-corrected chi connectivity index (χ1v) is 5.86. The van der Waals surface area contributed by atoms with Crippen LogP contribution in [0.25, 0.3) is 0 Å². The average molecular weight is 234 g/mol. The summed E-state index contributed by atoms with van der Waals surface area (Å²) in [5.41, 5.74) is 1.16. The maximum atomic E-state index is 12.0. The van der Waals surface area contributed by atoms with Gasteiger partial charge in [0.1, 0.15) is 0 Å². The van der Waals surface area contributed by atoms with E-state index in [1.165, 1.54) is 6.26 Å². The van der Waals surface area contributed by atoms with Crippen LogP contribution in [0.5, 0.6) is 0 Å². The molecule has 1 saturated heterocycles. The van der Waals surface area contributed by atoms with Crippen LogP contribution in [-0.4, -0.2) is 48.4 Å². The zero-order valence-electron chi connectivity index (χ0n) is 10.2. The molecule has 4 heteroatoms. The lowest BCUT2D eigenvalue weighted by Gasteiger charge is -2.34. The van der Waals surface area contributed by atoms with Crippen LogP contribution in [0.2, 0.25) is 0 Å². The molecule has 0 aliphatic carbocycles. The summed E-state index contributed by atoms with van der Waals surface area (Å²) in [6.07, 6.45) is 1.53. The summed E-state index contributed by atoms with van der Waals surface area (Å²) >= 11 is 0. The molecule has 1 aromatic heterocycles. The van der Waals surface area contributed by atoms with Crippen molar-refractivity contribution in [2.24, 2.45) is 0 Å². The van der Waals surface area contributed by atoms with Crippen molar-refractivity contribution in [2.75, 3.05) is 32.7 Å². The smallest absolute Gasteiger partial charge is 0.289 e. The number of carbonyl (C=O) groups is 1. The molecule has 92 valence electrons. The Kier molecular flexibility index (Phi) is 3.64. The lowest BCUT2D eigenvalue weighted by atomic mass is 10.2. The highest BCUT2D eigenvalue weighted by atomic mass is 16.3. The molecule has 1 amide bonds. The van der Waals surface area contributed by atoms with Gasteiger partial charge in [0.05, 0.1) is 6.26 Å². The first-order valence-electron chi connectivity index (χ1n) is 5.86. The second-order valence-corrected chi connectivity index (χ2v) is 4.50. The number of hydrogen-bond acceptors (Lipinski definition) is 3. The Morgan fingerprint density at radius 1 is 1.41 bits per heavy atom. The SMILES string of the molecule is C=C(C)CN1CCN(C(=O)c2ccco2)CC1. The van der Waals surface area contributed by atoms with Gasteiger partial charge in [0.15, 0.2) is 5.76 Å². The maximum absolute atomic E-state index is 12.0. The van der Waals surface area contributed by atoms with Gasteiger partial charge in [0.25, 0.3) is 5.91 Å². The van der Waals surface area contributed by atoms with Crippen LogP contribution in [0.1, 0.15) is 17.5 Å². The molecule has 0 unspecified atom stereocenters. The number of furan rings is 1. The third-order valence-electron chi connectivity index (χ3n) is 2.88. The van der Waals surface area contributed by atoms with E-state index in [0.29, 0.717) is 5.76 Å². The number of piperazine rings is 1. The Bertz CT molecular complexity index is 390. The predicted molar refractivity (Wildman–Crippen MR) is 65.9 cm³/mol. The molecule has 2 rings (SSSR count). The molecule has 1 aliphatic heterocycles. The van der Waals surface area contributed by atoms with E-state index < -0.39 is 0 Å². The fraction of sp³-hybridized carbons (Fsp3) is 0.462. The molecule has 2 heterocycles. The molecule has 1 aromatic rings. The molecule has 4 nitrogen and oxygen atoms in total. The lowest BCUT2D eigenvalue weighted by molar-refractivity contribution is 0.0616. The summed E-state index contributed by atoms with van der Waals surface area (Å²) in [5.74, 6) is 0.420. The third kappa shape index (κ3) is 2.97. The van der Waals surface area contributed by atoms with E-state index in [0.717, 1.165) is 38.3 Å². The van der Waals surface area contributed by atoms with Crippen molar-refractivity contribution in [1.82, 2.24) is 9.80 Å². The topological polar surface area (TPSA) is 36.7 Å². The standard InChI is InChI=1S/C13H18N2O2/c1-11(2)10-14-5-7-15(8-6-14)13(16)12-4-3-9-17-12/h3-4,9H,1,5-8,10H2,2H3. The van der Waals surface area contributed by atoms with Gasteiger partial charge in [-0.15, -0.1) is 0 Å². The van der Waals surface area contributed by atoms with Crippen molar-refractivity contribution in [2.45, 2.75) is 6.92 Å². The molecule has 0 bridgehead atoms. The minimum Gasteiger partial charge on any atom is -0.459 e. The number of amides is 1. The van der Waals surface area contributed by atoms with Crippen molar-refractivity contribution in [1.29, 1.82) is 0 Å². The Labute approximate surface area is 101 Å². The number of nitrogens with zero attached hydrogens (tertiary/aromatic N) is 2. The van der Waals surface area contributed by atoms with E-state index in [4.69, 9.17) is 4.42 Å². The van der Waals surface area contributed by atoms with Gasteiger partial charge < -0.3 is 9.32 Å². The molecule has 0 N–H and O–H groups in total. The normalized spacial score (nSPS) is 17.1. The van der Waals surface area contributed by atoms with E-state index in [9.17, 15) is 4.79 Å². The molecule has 0 saturated carbocycles. The van der Waals surface area contributed by atoms with Crippen LogP contribution in [-0.2, 0) is 0 Å². The Morgan fingerprint density at radius 2 is 2.12 bits per heavy atom. The van der Waals surface area contributed by atoms with Gasteiger partial charge in [-0.2, -0.15) is 0 Å². The lowest BCUT2D eigenvalue weighted by Crippen LogP contribution is -2.48. The molecular formula is C13H18N2O2. The quantitative estimate of drug-likeness (QED) is 0.746. The molecule has 0 radical (unpaired) electrons. The molecule has 0 atom stereocenters. The van der Waals surface area contributed by atoms with Crippen LogP contribution in [0, 0.1) is 0 Å². The summed E-state index contributed by atoms with van der Waals surface area (Å²) < 4.78 is 5.12. The molecule has 1 aliphatic rings. The largest absolute Gasteiger partial charge is 0.459 e. The molecular weight excluding hydrogens is 216 g/mol. The Hall–Kier alpha value is -1.55. The van der Waals surface area contributed by atoms with E-state index in [2.05, 4.69) is 11.5 Å². The Balaban J connectivity index is 1.87. The highest BCUT2D eigenvalue weighted by Crippen LogP contribution is 2.09. The van der Waals surface area contributed by atoms with Crippen molar-refractivity contribution < 1.29 is 9.21 Å².